The standard InChI is InChI=1S/C5H5N2O.Y/c8-2-1-5-3-6-4-7-5;/h3-4H,1H2,(H,6,7);/q-1;+3. The molecule has 0 saturated heterocycles. The number of nitrogens with zero attached hydrogens (tertiary/aromatic N) is 1. The first-order chi connectivity index (χ1) is 3.93. The van der Waals surface area contributed by atoms with Crippen molar-refractivity contribution < 1.29 is 37.5 Å². The molecule has 0 aliphatic rings. The smallest absolute Gasteiger partial charge is 0.541 e. The van der Waals surface area contributed by atoms with Crippen LogP contribution in [0.4, 0.5) is 0 Å². The van der Waals surface area contributed by atoms with Crippen LogP contribution in [0.2, 0.25) is 0 Å². The molecule has 4 heteroatoms. The van der Waals surface area contributed by atoms with Crippen LogP contribution in [0.5, 0.6) is 0 Å². The quantitative estimate of drug-likeness (QED) is 0.683. The second-order valence-corrected chi connectivity index (χ2v) is 1.40. The van der Waals surface area contributed by atoms with Crippen molar-refractivity contribution in [3.63, 3.8) is 0 Å². The Balaban J connectivity index is 0.000000640. The van der Waals surface area contributed by atoms with Gasteiger partial charge in [-0.1, -0.05) is 0 Å². The number of aromatic nitrogens is 2. The number of aromatic amines is 1. The molecule has 9 heavy (non-hydrogen) atoms. The molecule has 0 spiro atoms. The third kappa shape index (κ3) is 2.87. The third-order valence-electron chi connectivity index (χ3n) is 0.817. The maximum atomic E-state index is 9.70. The molecule has 42 valence electrons. The molecule has 0 saturated carbocycles. The molecule has 1 aromatic rings. The van der Waals surface area contributed by atoms with Gasteiger partial charge in [0.05, 0.1) is 6.33 Å². The van der Waals surface area contributed by atoms with Gasteiger partial charge in [-0.15, -0.1) is 6.42 Å². The van der Waals surface area contributed by atoms with Crippen molar-refractivity contribution in [1.29, 1.82) is 0 Å². The first kappa shape index (κ1) is 8.98. The van der Waals surface area contributed by atoms with E-state index in [1.807, 2.05) is 0 Å². The van der Waals surface area contributed by atoms with Crippen molar-refractivity contribution in [1.82, 2.24) is 9.97 Å². The van der Waals surface area contributed by atoms with Crippen molar-refractivity contribution in [2.24, 2.45) is 0 Å². The van der Waals surface area contributed by atoms with Gasteiger partial charge in [0.2, 0.25) is 0 Å². The van der Waals surface area contributed by atoms with E-state index in [4.69, 9.17) is 0 Å². The Labute approximate surface area is 78.1 Å². The largest absolute Gasteiger partial charge is 3.00 e. The van der Waals surface area contributed by atoms with E-state index in [1.54, 1.807) is 12.5 Å². The first-order valence-corrected chi connectivity index (χ1v) is 2.25. The summed E-state index contributed by atoms with van der Waals surface area (Å²) < 4.78 is 0. The van der Waals surface area contributed by atoms with E-state index in [-0.39, 0.29) is 32.7 Å². The van der Waals surface area contributed by atoms with Crippen LogP contribution in [0.15, 0.2) is 12.5 Å². The summed E-state index contributed by atoms with van der Waals surface area (Å²) in [5, 5.41) is 0. The Morgan fingerprint density at radius 1 is 1.78 bits per heavy atom. The van der Waals surface area contributed by atoms with E-state index in [1.165, 1.54) is 6.33 Å². The van der Waals surface area contributed by atoms with E-state index in [2.05, 4.69) is 9.97 Å². The number of hydrogen-bond donors (Lipinski definition) is 1. The molecule has 1 rings (SSSR count). The monoisotopic (exact) mass is 198 g/mol. The first-order valence-electron chi connectivity index (χ1n) is 2.25. The Kier molecular flexibility index (Phi) is 4.82. The molecule has 1 N–H and O–H groups in total. The average Bonchev–Trinajstić information content (AvgIpc) is 2.19. The van der Waals surface area contributed by atoms with E-state index in [9.17, 15) is 4.79 Å². The summed E-state index contributed by atoms with van der Waals surface area (Å²) >= 11 is 0. The van der Waals surface area contributed by atoms with Crippen LogP contribution in [0.1, 0.15) is 5.69 Å². The molecular formula is C5H5N2OY+2. The van der Waals surface area contributed by atoms with Gasteiger partial charge in [-0.05, 0) is 0 Å². The Morgan fingerprint density at radius 2 is 2.56 bits per heavy atom. The van der Waals surface area contributed by atoms with Crippen LogP contribution in [-0.4, -0.2) is 16.3 Å². The number of hydrogen-bond acceptors (Lipinski definition) is 2. The van der Waals surface area contributed by atoms with Crippen molar-refractivity contribution in [3.8, 4) is 0 Å². The molecule has 0 aromatic carbocycles. The molecule has 1 aromatic heterocycles. The van der Waals surface area contributed by atoms with E-state index in [0.29, 0.717) is 6.42 Å². The molecular weight excluding hydrogens is 193 g/mol. The number of rotatable bonds is 2. The van der Waals surface area contributed by atoms with Crippen LogP contribution >= 0.6 is 0 Å². The summed E-state index contributed by atoms with van der Waals surface area (Å²) in [7, 11) is 0. The zero-order valence-corrected chi connectivity index (χ0v) is 7.63. The second kappa shape index (κ2) is 4.82. The van der Waals surface area contributed by atoms with Crippen LogP contribution in [0.25, 0.3) is 0 Å². The fourth-order valence-electron chi connectivity index (χ4n) is 0.459. The van der Waals surface area contributed by atoms with Crippen molar-refractivity contribution in [2.45, 2.75) is 6.42 Å². The van der Waals surface area contributed by atoms with Crippen LogP contribution in [0.3, 0.4) is 0 Å². The van der Waals surface area contributed by atoms with Crippen LogP contribution in [-0.2, 0) is 43.9 Å². The zero-order chi connectivity index (χ0) is 5.82. The van der Waals surface area contributed by atoms with Gasteiger partial charge in [0.15, 0.2) is 0 Å². The van der Waals surface area contributed by atoms with Crippen molar-refractivity contribution in [2.75, 3.05) is 0 Å². The van der Waals surface area contributed by atoms with Gasteiger partial charge in [0, 0.05) is 11.9 Å². The average molecular weight is 198 g/mol. The number of nitrogens with one attached hydrogen (secondary N) is 1. The van der Waals surface area contributed by atoms with Crippen molar-refractivity contribution >= 4 is 6.29 Å². The van der Waals surface area contributed by atoms with Gasteiger partial charge in [-0.2, -0.15) is 0 Å². The second-order valence-electron chi connectivity index (χ2n) is 1.40. The summed E-state index contributed by atoms with van der Waals surface area (Å²) in [4.78, 5) is 16.2. The van der Waals surface area contributed by atoms with E-state index < -0.39 is 0 Å². The van der Waals surface area contributed by atoms with Gasteiger partial charge in [-0.3, -0.25) is 6.29 Å². The summed E-state index contributed by atoms with van der Waals surface area (Å²) in [6.07, 6.45) is 5.19. The molecule has 0 aliphatic heterocycles. The van der Waals surface area contributed by atoms with Gasteiger partial charge in [-0.25, -0.2) is 4.98 Å². The fraction of sp³-hybridized carbons (Fsp3) is 0.200. The summed E-state index contributed by atoms with van der Waals surface area (Å²) in [6, 6.07) is 0. The van der Waals surface area contributed by atoms with E-state index in [0.717, 1.165) is 5.69 Å². The maximum absolute atomic E-state index is 9.70. The normalized spacial score (nSPS) is 8.00. The molecule has 0 aliphatic carbocycles. The minimum atomic E-state index is 0. The van der Waals surface area contributed by atoms with Crippen molar-refractivity contribution in [3.05, 3.63) is 18.2 Å². The summed E-state index contributed by atoms with van der Waals surface area (Å²) in [5.41, 5.74) is 0.806. The minimum Gasteiger partial charge on any atom is -0.541 e. The summed E-state index contributed by atoms with van der Waals surface area (Å²) in [5.74, 6) is 0. The Morgan fingerprint density at radius 3 is 3.00 bits per heavy atom. The Hall–Kier alpha value is -0.0161. The van der Waals surface area contributed by atoms with Gasteiger partial charge in [0.1, 0.15) is 0 Å². The number of imidazole rings is 1. The molecule has 0 radical (unpaired) electrons. The van der Waals surface area contributed by atoms with E-state index >= 15 is 0 Å². The molecule has 3 nitrogen and oxygen atoms in total. The van der Waals surface area contributed by atoms with Crippen LogP contribution in [0, 0.1) is 0 Å². The van der Waals surface area contributed by atoms with Gasteiger partial charge in [0.25, 0.3) is 0 Å². The fourth-order valence-corrected chi connectivity index (χ4v) is 0.459. The van der Waals surface area contributed by atoms with Gasteiger partial charge >= 0.3 is 32.7 Å². The SMILES string of the molecule is O=[C-]Cc1cnc[nH]1.[Y+3]. The Bertz CT molecular complexity index is 161. The maximum Gasteiger partial charge on any atom is 3.00 e. The molecule has 1 heterocycles. The molecule has 0 amide bonds. The minimum absolute atomic E-state index is 0. The molecule has 0 atom stereocenters. The predicted octanol–water partition coefficient (Wildman–Crippen LogP) is 0.0594. The summed E-state index contributed by atoms with van der Waals surface area (Å²) in [6.45, 7) is 0. The number of carbonyl (C=O) groups excluding carboxylic acids is 1. The molecule has 0 bridgehead atoms. The van der Waals surface area contributed by atoms with Gasteiger partial charge < -0.3 is 9.78 Å². The predicted molar refractivity (Wildman–Crippen MR) is 28.0 cm³/mol. The van der Waals surface area contributed by atoms with Crippen LogP contribution < -0.4 is 0 Å². The molecule has 0 unspecified atom stereocenters. The third-order valence-corrected chi connectivity index (χ3v) is 0.817. The topological polar surface area (TPSA) is 45.8 Å². The number of H-pyrrole nitrogens is 1. The zero-order valence-electron chi connectivity index (χ0n) is 4.79. The molecule has 0 fully saturated rings.